The number of alkyl halides is 1. The Balaban J connectivity index is 1.76. The van der Waals surface area contributed by atoms with Crippen LogP contribution in [-0.4, -0.2) is 15.0 Å². The van der Waals surface area contributed by atoms with Crippen molar-refractivity contribution in [3.63, 3.8) is 0 Å². The predicted molar refractivity (Wildman–Crippen MR) is 102 cm³/mol. The van der Waals surface area contributed by atoms with E-state index in [2.05, 4.69) is 21.0 Å². The number of hydrogen-bond acceptors (Lipinski definition) is 3. The molecular formula is C21H18FN5. The molecular weight excluding hydrogens is 341 g/mol. The van der Waals surface area contributed by atoms with E-state index in [4.69, 9.17) is 11.0 Å². The summed E-state index contributed by atoms with van der Waals surface area (Å²) >= 11 is 0. The highest BCUT2D eigenvalue weighted by atomic mass is 19.1. The summed E-state index contributed by atoms with van der Waals surface area (Å²) < 4.78 is 16.2. The number of fused-ring (bicyclic) bond motifs is 2. The third kappa shape index (κ3) is 2.36. The maximum Gasteiger partial charge on any atom is 0.243 e. The summed E-state index contributed by atoms with van der Waals surface area (Å²) in [6.45, 7) is 2.02. The Morgan fingerprint density at radius 2 is 2.11 bits per heavy atom. The van der Waals surface area contributed by atoms with Crippen LogP contribution in [0.2, 0.25) is 0 Å². The van der Waals surface area contributed by atoms with Gasteiger partial charge in [-0.2, -0.15) is 5.26 Å². The quantitative estimate of drug-likeness (QED) is 0.478. The van der Waals surface area contributed by atoms with Gasteiger partial charge in [-0.15, -0.1) is 0 Å². The van der Waals surface area contributed by atoms with Gasteiger partial charge in [-0.3, -0.25) is 5.73 Å². The van der Waals surface area contributed by atoms with Crippen LogP contribution in [0.15, 0.2) is 36.5 Å². The van der Waals surface area contributed by atoms with E-state index in [-0.39, 0.29) is 5.82 Å². The lowest BCUT2D eigenvalue weighted by molar-refractivity contribution is 0.220. The summed E-state index contributed by atoms with van der Waals surface area (Å²) in [7, 11) is 0. The van der Waals surface area contributed by atoms with Crippen LogP contribution < -0.4 is 5.73 Å². The number of nitrogens with two attached hydrogens (primary N) is 1. The molecule has 2 aromatic carbocycles. The zero-order chi connectivity index (χ0) is 18.8. The Labute approximate surface area is 155 Å². The molecule has 1 fully saturated rings. The molecule has 1 atom stereocenters. The normalized spacial score (nSPS) is 16.5. The van der Waals surface area contributed by atoms with Crippen molar-refractivity contribution in [2.75, 3.05) is 0 Å². The van der Waals surface area contributed by atoms with E-state index in [0.29, 0.717) is 28.1 Å². The molecule has 0 spiro atoms. The van der Waals surface area contributed by atoms with Gasteiger partial charge in [0.2, 0.25) is 5.79 Å². The molecule has 1 aliphatic carbocycles. The summed E-state index contributed by atoms with van der Waals surface area (Å²) in [5.41, 5.74) is 11.4. The Morgan fingerprint density at radius 1 is 1.30 bits per heavy atom. The number of hydrogen-bond donors (Lipinski definition) is 3. The first kappa shape index (κ1) is 16.0. The molecule has 1 aliphatic rings. The third-order valence-electron chi connectivity index (χ3n) is 5.41. The molecule has 6 heteroatoms. The van der Waals surface area contributed by atoms with Crippen molar-refractivity contribution in [1.82, 2.24) is 15.0 Å². The van der Waals surface area contributed by atoms with Gasteiger partial charge < -0.3 is 9.97 Å². The Hall–Kier alpha value is -3.17. The van der Waals surface area contributed by atoms with E-state index >= 15 is 4.39 Å². The summed E-state index contributed by atoms with van der Waals surface area (Å²) in [5, 5.41) is 9.87. The van der Waals surface area contributed by atoms with E-state index in [0.717, 1.165) is 34.9 Å². The van der Waals surface area contributed by atoms with E-state index in [9.17, 15) is 0 Å². The van der Waals surface area contributed by atoms with Gasteiger partial charge in [-0.25, -0.2) is 9.37 Å². The molecule has 0 bridgehead atoms. The average Bonchev–Trinajstić information content (AvgIpc) is 3.21. The average molecular weight is 359 g/mol. The zero-order valence-corrected chi connectivity index (χ0v) is 14.8. The number of aromatic nitrogens is 3. The minimum absolute atomic E-state index is 0.0563. The highest BCUT2D eigenvalue weighted by molar-refractivity contribution is 5.89. The number of nitriles is 1. The van der Waals surface area contributed by atoms with Crippen LogP contribution in [0.1, 0.15) is 46.8 Å². The smallest absolute Gasteiger partial charge is 0.243 e. The Kier molecular flexibility index (Phi) is 3.22. The topological polar surface area (TPSA) is 94.3 Å². The number of H-pyrrole nitrogens is 2. The second-order valence-electron chi connectivity index (χ2n) is 7.34. The molecule has 0 radical (unpaired) electrons. The van der Waals surface area contributed by atoms with Crippen LogP contribution >= 0.6 is 0 Å². The first-order chi connectivity index (χ1) is 13.0. The van der Waals surface area contributed by atoms with Gasteiger partial charge in [0.15, 0.2) is 5.82 Å². The summed E-state index contributed by atoms with van der Waals surface area (Å²) in [6, 6.07) is 11.0. The molecule has 0 amide bonds. The standard InChI is InChI=1S/C21H18FN5/c1-11-8-15(13-3-4-13)18(14-6-7-25-19(11)14)21(22,24)20-26-16-5-2-12(10-23)9-17(16)27-20/h2,5-9,13,25H,3-4,24H2,1H3,(H,26,27). The second kappa shape index (κ2) is 5.41. The van der Waals surface area contributed by atoms with Crippen LogP contribution in [0, 0.1) is 18.3 Å². The Morgan fingerprint density at radius 3 is 2.85 bits per heavy atom. The van der Waals surface area contributed by atoms with Crippen molar-refractivity contribution < 1.29 is 4.39 Å². The van der Waals surface area contributed by atoms with Crippen LogP contribution in [0.25, 0.3) is 21.9 Å². The van der Waals surface area contributed by atoms with Crippen molar-refractivity contribution >= 4 is 21.9 Å². The van der Waals surface area contributed by atoms with Crippen LogP contribution in [0.4, 0.5) is 4.39 Å². The van der Waals surface area contributed by atoms with Crippen molar-refractivity contribution in [1.29, 1.82) is 5.26 Å². The SMILES string of the molecule is Cc1cc(C2CC2)c(C(N)(F)c2nc3ccc(C#N)cc3[nH]2)c2cc[nH]c12. The van der Waals surface area contributed by atoms with Crippen LogP contribution in [0.5, 0.6) is 0 Å². The van der Waals surface area contributed by atoms with Gasteiger partial charge in [0.05, 0.1) is 22.7 Å². The maximum atomic E-state index is 16.2. The van der Waals surface area contributed by atoms with E-state index in [1.807, 2.05) is 25.3 Å². The van der Waals surface area contributed by atoms with Gasteiger partial charge in [0.25, 0.3) is 0 Å². The zero-order valence-electron chi connectivity index (χ0n) is 14.8. The molecule has 1 unspecified atom stereocenters. The van der Waals surface area contributed by atoms with Crippen molar-refractivity contribution in [3.8, 4) is 6.07 Å². The number of aryl methyl sites for hydroxylation is 1. The van der Waals surface area contributed by atoms with E-state index < -0.39 is 5.79 Å². The van der Waals surface area contributed by atoms with Gasteiger partial charge in [0.1, 0.15) is 0 Å². The fraction of sp³-hybridized carbons (Fsp3) is 0.238. The lowest BCUT2D eigenvalue weighted by atomic mass is 9.90. The van der Waals surface area contributed by atoms with Crippen molar-refractivity contribution in [2.24, 2.45) is 5.73 Å². The molecule has 1 saturated carbocycles. The molecule has 4 N–H and O–H groups in total. The van der Waals surface area contributed by atoms with Crippen molar-refractivity contribution in [2.45, 2.75) is 31.5 Å². The number of nitrogens with one attached hydrogen (secondary N) is 2. The fourth-order valence-electron chi connectivity index (χ4n) is 3.93. The third-order valence-corrected chi connectivity index (χ3v) is 5.41. The summed E-state index contributed by atoms with van der Waals surface area (Å²) in [4.78, 5) is 10.6. The molecule has 0 aliphatic heterocycles. The molecule has 2 aromatic heterocycles. The molecule has 0 saturated heterocycles. The fourth-order valence-corrected chi connectivity index (χ4v) is 3.93. The van der Waals surface area contributed by atoms with Gasteiger partial charge in [-0.05, 0) is 61.1 Å². The molecule has 5 nitrogen and oxygen atoms in total. The number of nitrogens with zero attached hydrogens (tertiary/aromatic N) is 2. The molecule has 2 heterocycles. The first-order valence-corrected chi connectivity index (χ1v) is 8.98. The summed E-state index contributed by atoms with van der Waals surface area (Å²) in [5.74, 6) is -1.87. The monoisotopic (exact) mass is 359 g/mol. The van der Waals surface area contributed by atoms with Gasteiger partial charge in [-0.1, -0.05) is 6.07 Å². The van der Waals surface area contributed by atoms with E-state index in [1.165, 1.54) is 0 Å². The lowest BCUT2D eigenvalue weighted by Gasteiger charge is -2.23. The predicted octanol–water partition coefficient (Wildman–Crippen LogP) is 4.23. The minimum atomic E-state index is -2.27. The van der Waals surface area contributed by atoms with Crippen LogP contribution in [0.3, 0.4) is 0 Å². The lowest BCUT2D eigenvalue weighted by Crippen LogP contribution is -2.35. The van der Waals surface area contributed by atoms with Crippen molar-refractivity contribution in [3.05, 3.63) is 64.6 Å². The highest BCUT2D eigenvalue weighted by Gasteiger charge is 2.40. The number of benzene rings is 2. The largest absolute Gasteiger partial charge is 0.361 e. The van der Waals surface area contributed by atoms with E-state index in [1.54, 1.807) is 18.2 Å². The molecule has 134 valence electrons. The minimum Gasteiger partial charge on any atom is -0.361 e. The maximum absolute atomic E-state index is 16.2. The number of imidazole rings is 1. The highest BCUT2D eigenvalue weighted by Crippen LogP contribution is 2.48. The van der Waals surface area contributed by atoms with Crippen LogP contribution in [-0.2, 0) is 5.79 Å². The Bertz CT molecular complexity index is 1240. The van der Waals surface area contributed by atoms with Gasteiger partial charge >= 0.3 is 0 Å². The molecule has 27 heavy (non-hydrogen) atoms. The number of rotatable bonds is 3. The summed E-state index contributed by atoms with van der Waals surface area (Å²) in [6.07, 6.45) is 3.90. The number of aromatic amines is 2. The second-order valence-corrected chi connectivity index (χ2v) is 7.34. The number of halogens is 1. The molecule has 5 rings (SSSR count). The first-order valence-electron chi connectivity index (χ1n) is 8.98. The molecule has 4 aromatic rings. The van der Waals surface area contributed by atoms with Gasteiger partial charge in [0, 0.05) is 22.7 Å².